The number of para-hydroxylation sites is 1. The zero-order valence-electron chi connectivity index (χ0n) is 12.3. The fourth-order valence-corrected chi connectivity index (χ4v) is 1.73. The van der Waals surface area contributed by atoms with Crippen LogP contribution in [0.15, 0.2) is 24.3 Å². The lowest BCUT2D eigenvalue weighted by Gasteiger charge is -2.23. The Hall–Kier alpha value is -2.11. The van der Waals surface area contributed by atoms with Crippen molar-refractivity contribution in [1.82, 2.24) is 5.32 Å². The van der Waals surface area contributed by atoms with Gasteiger partial charge in [0, 0.05) is 6.04 Å². The minimum atomic E-state index is -0.989. The average Bonchev–Trinajstić information content (AvgIpc) is 2.39. The fourth-order valence-electron chi connectivity index (χ4n) is 1.73. The number of carbonyl (C=O) groups is 2. The van der Waals surface area contributed by atoms with Crippen LogP contribution in [0.25, 0.3) is 0 Å². The van der Waals surface area contributed by atoms with Crippen molar-refractivity contribution in [2.75, 3.05) is 0 Å². The van der Waals surface area contributed by atoms with E-state index in [9.17, 15) is 14.0 Å². The van der Waals surface area contributed by atoms with Crippen LogP contribution in [0.1, 0.15) is 27.2 Å². The molecule has 21 heavy (non-hydrogen) atoms. The molecular weight excluding hydrogens is 277 g/mol. The molecule has 116 valence electrons. The Bertz CT molecular complexity index is 504. The molecule has 1 aromatic rings. The maximum atomic E-state index is 13.4. The molecular formula is C15H20FNO4. The van der Waals surface area contributed by atoms with E-state index in [0.717, 1.165) is 0 Å². The van der Waals surface area contributed by atoms with E-state index in [1.165, 1.54) is 25.1 Å². The van der Waals surface area contributed by atoms with Crippen molar-refractivity contribution in [3.63, 3.8) is 0 Å². The van der Waals surface area contributed by atoms with E-state index in [1.54, 1.807) is 6.07 Å². The van der Waals surface area contributed by atoms with Crippen LogP contribution in [0.4, 0.5) is 4.39 Å². The Kier molecular flexibility index (Phi) is 6.14. The van der Waals surface area contributed by atoms with Gasteiger partial charge in [-0.05, 0) is 25.0 Å². The molecule has 1 aromatic carbocycles. The van der Waals surface area contributed by atoms with Gasteiger partial charge in [0.1, 0.15) is 0 Å². The highest BCUT2D eigenvalue weighted by molar-refractivity contribution is 5.81. The third-order valence-electron chi connectivity index (χ3n) is 3.04. The van der Waals surface area contributed by atoms with Crippen molar-refractivity contribution < 1.29 is 23.8 Å². The Labute approximate surface area is 123 Å². The summed E-state index contributed by atoms with van der Waals surface area (Å²) in [7, 11) is 0. The van der Waals surface area contributed by atoms with Gasteiger partial charge in [-0.15, -0.1) is 0 Å². The smallest absolute Gasteiger partial charge is 0.305 e. The van der Waals surface area contributed by atoms with Crippen LogP contribution in [0.2, 0.25) is 0 Å². The van der Waals surface area contributed by atoms with Crippen molar-refractivity contribution in [3.8, 4) is 5.75 Å². The van der Waals surface area contributed by atoms with Gasteiger partial charge in [0.2, 0.25) is 0 Å². The standard InChI is InChI=1S/C15H20FNO4/c1-9(2)12(8-14(18)19)17-15(20)10(3)21-13-7-5-4-6-11(13)16/h4-7,9-10,12H,8H2,1-3H3,(H,17,20)(H,18,19). The van der Waals surface area contributed by atoms with Crippen LogP contribution in [0.3, 0.4) is 0 Å². The van der Waals surface area contributed by atoms with E-state index in [-0.39, 0.29) is 18.1 Å². The second kappa shape index (κ2) is 7.61. The largest absolute Gasteiger partial charge is 0.481 e. The molecule has 0 saturated heterocycles. The van der Waals surface area contributed by atoms with Gasteiger partial charge in [-0.25, -0.2) is 4.39 Å². The zero-order chi connectivity index (χ0) is 16.0. The summed E-state index contributed by atoms with van der Waals surface area (Å²) in [5, 5.41) is 11.4. The fraction of sp³-hybridized carbons (Fsp3) is 0.467. The number of halogens is 1. The second-order valence-electron chi connectivity index (χ2n) is 5.15. The first-order valence-electron chi connectivity index (χ1n) is 6.74. The molecule has 0 heterocycles. The molecule has 2 unspecified atom stereocenters. The molecule has 2 atom stereocenters. The first kappa shape index (κ1) is 16.9. The number of carbonyl (C=O) groups excluding carboxylic acids is 1. The number of nitrogens with one attached hydrogen (secondary N) is 1. The SMILES string of the molecule is CC(Oc1ccccc1F)C(=O)NC(CC(=O)O)C(C)C. The number of carboxylic acids is 1. The summed E-state index contributed by atoms with van der Waals surface area (Å²) >= 11 is 0. The quantitative estimate of drug-likeness (QED) is 0.809. The van der Waals surface area contributed by atoms with Gasteiger partial charge in [0.15, 0.2) is 17.7 Å². The van der Waals surface area contributed by atoms with Crippen molar-refractivity contribution in [2.24, 2.45) is 5.92 Å². The highest BCUT2D eigenvalue weighted by Gasteiger charge is 2.23. The van der Waals surface area contributed by atoms with E-state index in [1.807, 2.05) is 13.8 Å². The minimum absolute atomic E-state index is 0.0144. The van der Waals surface area contributed by atoms with Crippen LogP contribution in [0.5, 0.6) is 5.75 Å². The predicted molar refractivity (Wildman–Crippen MR) is 75.5 cm³/mol. The highest BCUT2D eigenvalue weighted by Crippen LogP contribution is 2.17. The third kappa shape index (κ3) is 5.41. The zero-order valence-corrected chi connectivity index (χ0v) is 12.3. The maximum absolute atomic E-state index is 13.4. The lowest BCUT2D eigenvalue weighted by molar-refractivity contribution is -0.138. The molecule has 0 aliphatic heterocycles. The first-order chi connectivity index (χ1) is 9.81. The molecule has 0 aromatic heterocycles. The summed E-state index contributed by atoms with van der Waals surface area (Å²) in [5.74, 6) is -2.07. The van der Waals surface area contributed by atoms with Gasteiger partial charge in [-0.3, -0.25) is 9.59 Å². The number of benzene rings is 1. The van der Waals surface area contributed by atoms with Crippen LogP contribution < -0.4 is 10.1 Å². The van der Waals surface area contributed by atoms with E-state index >= 15 is 0 Å². The first-order valence-corrected chi connectivity index (χ1v) is 6.74. The molecule has 6 heteroatoms. The lowest BCUT2D eigenvalue weighted by atomic mass is 10.0. The normalized spacial score (nSPS) is 13.6. The monoisotopic (exact) mass is 297 g/mol. The highest BCUT2D eigenvalue weighted by atomic mass is 19.1. The van der Waals surface area contributed by atoms with Crippen molar-refractivity contribution in [2.45, 2.75) is 39.3 Å². The Morgan fingerprint density at radius 1 is 1.29 bits per heavy atom. The minimum Gasteiger partial charge on any atom is -0.481 e. The number of rotatable bonds is 7. The van der Waals surface area contributed by atoms with Crippen molar-refractivity contribution >= 4 is 11.9 Å². The number of carboxylic acid groups (broad SMARTS) is 1. The summed E-state index contributed by atoms with van der Waals surface area (Å²) in [6.07, 6.45) is -1.09. The van der Waals surface area contributed by atoms with Gasteiger partial charge in [0.25, 0.3) is 5.91 Å². The molecule has 5 nitrogen and oxygen atoms in total. The average molecular weight is 297 g/mol. The van der Waals surface area contributed by atoms with E-state index in [0.29, 0.717) is 0 Å². The third-order valence-corrected chi connectivity index (χ3v) is 3.04. The summed E-state index contributed by atoms with van der Waals surface area (Å²) in [5.41, 5.74) is 0. The summed E-state index contributed by atoms with van der Waals surface area (Å²) in [6, 6.07) is 5.29. The van der Waals surface area contributed by atoms with Crippen molar-refractivity contribution in [1.29, 1.82) is 0 Å². The van der Waals surface area contributed by atoms with Gasteiger partial charge in [-0.2, -0.15) is 0 Å². The van der Waals surface area contributed by atoms with Crippen LogP contribution in [-0.2, 0) is 9.59 Å². The molecule has 2 N–H and O–H groups in total. The summed E-state index contributed by atoms with van der Waals surface area (Å²) < 4.78 is 18.7. The Morgan fingerprint density at radius 3 is 2.43 bits per heavy atom. The topological polar surface area (TPSA) is 75.6 Å². The Morgan fingerprint density at radius 2 is 1.90 bits per heavy atom. The van der Waals surface area contributed by atoms with Gasteiger partial charge < -0.3 is 15.2 Å². The van der Waals surface area contributed by atoms with Gasteiger partial charge >= 0.3 is 5.97 Å². The lowest BCUT2D eigenvalue weighted by Crippen LogP contribution is -2.45. The molecule has 0 aliphatic carbocycles. The number of hydrogen-bond acceptors (Lipinski definition) is 3. The number of ether oxygens (including phenoxy) is 1. The predicted octanol–water partition coefficient (Wildman–Crippen LogP) is 2.21. The van der Waals surface area contributed by atoms with Crippen LogP contribution in [-0.4, -0.2) is 29.1 Å². The molecule has 0 aliphatic rings. The van der Waals surface area contributed by atoms with Gasteiger partial charge in [0.05, 0.1) is 6.42 Å². The number of amides is 1. The molecule has 0 radical (unpaired) electrons. The number of aliphatic carboxylic acids is 1. The molecule has 0 spiro atoms. The summed E-state index contributed by atoms with van der Waals surface area (Å²) in [6.45, 7) is 5.12. The molecule has 0 fully saturated rings. The molecule has 0 bridgehead atoms. The molecule has 1 rings (SSSR count). The van der Waals surface area contributed by atoms with Crippen LogP contribution >= 0.6 is 0 Å². The van der Waals surface area contributed by atoms with E-state index < -0.39 is 29.8 Å². The second-order valence-corrected chi connectivity index (χ2v) is 5.15. The van der Waals surface area contributed by atoms with E-state index in [4.69, 9.17) is 9.84 Å². The molecule has 1 amide bonds. The Balaban J connectivity index is 2.65. The summed E-state index contributed by atoms with van der Waals surface area (Å²) in [4.78, 5) is 22.8. The van der Waals surface area contributed by atoms with Crippen molar-refractivity contribution in [3.05, 3.63) is 30.1 Å². The van der Waals surface area contributed by atoms with E-state index in [2.05, 4.69) is 5.32 Å². The number of hydrogen-bond donors (Lipinski definition) is 2. The van der Waals surface area contributed by atoms with Gasteiger partial charge in [-0.1, -0.05) is 26.0 Å². The molecule has 0 saturated carbocycles. The van der Waals surface area contributed by atoms with Crippen LogP contribution in [0, 0.1) is 11.7 Å². The maximum Gasteiger partial charge on any atom is 0.305 e.